The van der Waals surface area contributed by atoms with Gasteiger partial charge in [0.25, 0.3) is 0 Å². The molecule has 2 heterocycles. The number of carbonyl (C=O) groups is 1. The Bertz CT molecular complexity index is 316. The lowest BCUT2D eigenvalue weighted by molar-refractivity contribution is -0.140. The second-order valence-corrected chi connectivity index (χ2v) is 6.51. The van der Waals surface area contributed by atoms with Crippen molar-refractivity contribution in [1.29, 1.82) is 0 Å². The molecule has 2 N–H and O–H groups in total. The van der Waals surface area contributed by atoms with Gasteiger partial charge in [0.2, 0.25) is 0 Å². The van der Waals surface area contributed by atoms with E-state index in [0.717, 1.165) is 13.1 Å². The first kappa shape index (κ1) is 15.7. The summed E-state index contributed by atoms with van der Waals surface area (Å²) in [5, 5.41) is 12.4. The van der Waals surface area contributed by atoms with Crippen LogP contribution in [0.5, 0.6) is 0 Å². The van der Waals surface area contributed by atoms with Crippen molar-refractivity contribution in [3.63, 3.8) is 0 Å². The second kappa shape index (κ2) is 7.38. The van der Waals surface area contributed by atoms with Crippen LogP contribution in [-0.2, 0) is 4.79 Å². The maximum absolute atomic E-state index is 11.3. The Kier molecular flexibility index (Phi) is 5.81. The molecule has 116 valence electrons. The Morgan fingerprint density at radius 3 is 2.55 bits per heavy atom. The Morgan fingerprint density at radius 1 is 1.25 bits per heavy atom. The van der Waals surface area contributed by atoms with Crippen molar-refractivity contribution in [1.82, 2.24) is 15.1 Å². The highest BCUT2D eigenvalue weighted by molar-refractivity contribution is 5.73. The van der Waals surface area contributed by atoms with Crippen LogP contribution >= 0.6 is 0 Å². The molecule has 2 aliphatic rings. The summed E-state index contributed by atoms with van der Waals surface area (Å²) in [7, 11) is 0. The molecular formula is C15H29N3O2. The molecular weight excluding hydrogens is 254 g/mol. The molecule has 2 atom stereocenters. The number of hydrogen-bond acceptors (Lipinski definition) is 4. The normalized spacial score (nSPS) is 27.1. The molecule has 0 aromatic heterocycles. The highest BCUT2D eigenvalue weighted by atomic mass is 16.4. The quantitative estimate of drug-likeness (QED) is 0.761. The van der Waals surface area contributed by atoms with Gasteiger partial charge in [-0.05, 0) is 38.9 Å². The predicted octanol–water partition coefficient (Wildman–Crippen LogP) is 0.998. The van der Waals surface area contributed by atoms with Crippen molar-refractivity contribution in [3.05, 3.63) is 0 Å². The number of rotatable bonds is 6. The average molecular weight is 283 g/mol. The van der Waals surface area contributed by atoms with E-state index in [-0.39, 0.29) is 6.04 Å². The van der Waals surface area contributed by atoms with Gasteiger partial charge in [0.15, 0.2) is 0 Å². The Morgan fingerprint density at radius 2 is 1.95 bits per heavy atom. The van der Waals surface area contributed by atoms with Crippen molar-refractivity contribution in [2.45, 2.75) is 57.7 Å². The van der Waals surface area contributed by atoms with E-state index >= 15 is 0 Å². The van der Waals surface area contributed by atoms with E-state index in [2.05, 4.69) is 15.1 Å². The number of hydrogen-bond donors (Lipinski definition) is 2. The van der Waals surface area contributed by atoms with Crippen LogP contribution in [-0.4, -0.2) is 71.7 Å². The van der Waals surface area contributed by atoms with Crippen molar-refractivity contribution in [3.8, 4) is 0 Å². The van der Waals surface area contributed by atoms with Crippen LogP contribution in [0.3, 0.4) is 0 Å². The van der Waals surface area contributed by atoms with Gasteiger partial charge in [-0.15, -0.1) is 0 Å². The minimum atomic E-state index is -0.736. The van der Waals surface area contributed by atoms with Crippen LogP contribution in [0.2, 0.25) is 0 Å². The zero-order valence-electron chi connectivity index (χ0n) is 12.8. The molecule has 0 spiro atoms. The van der Waals surface area contributed by atoms with Crippen LogP contribution in [0.1, 0.15) is 39.5 Å². The molecule has 2 aliphatic heterocycles. The van der Waals surface area contributed by atoms with Gasteiger partial charge in [0, 0.05) is 25.2 Å². The molecule has 0 aromatic rings. The lowest BCUT2D eigenvalue weighted by atomic mass is 10.1. The predicted molar refractivity (Wildman–Crippen MR) is 80.0 cm³/mol. The molecule has 2 fully saturated rings. The van der Waals surface area contributed by atoms with Gasteiger partial charge < -0.3 is 10.4 Å². The molecule has 0 radical (unpaired) electrons. The number of aliphatic carboxylic acids is 1. The van der Waals surface area contributed by atoms with Crippen LogP contribution < -0.4 is 5.32 Å². The zero-order valence-corrected chi connectivity index (χ0v) is 12.8. The fourth-order valence-electron chi connectivity index (χ4n) is 3.42. The number of nitrogens with one attached hydrogen (secondary N) is 1. The smallest absolute Gasteiger partial charge is 0.322 e. The highest BCUT2D eigenvalue weighted by Crippen LogP contribution is 2.20. The average Bonchev–Trinajstić information content (AvgIpc) is 2.87. The molecule has 0 aliphatic carbocycles. The molecule has 0 saturated carbocycles. The lowest BCUT2D eigenvalue weighted by Crippen LogP contribution is -2.49. The van der Waals surface area contributed by atoms with Gasteiger partial charge in [0.1, 0.15) is 6.04 Å². The molecule has 2 unspecified atom stereocenters. The van der Waals surface area contributed by atoms with Crippen molar-refractivity contribution < 1.29 is 9.90 Å². The zero-order chi connectivity index (χ0) is 14.5. The van der Waals surface area contributed by atoms with E-state index < -0.39 is 12.0 Å². The van der Waals surface area contributed by atoms with E-state index in [4.69, 9.17) is 0 Å². The molecule has 2 saturated heterocycles. The topological polar surface area (TPSA) is 55.8 Å². The molecule has 5 heteroatoms. The molecule has 0 aromatic carbocycles. The molecule has 20 heavy (non-hydrogen) atoms. The summed E-state index contributed by atoms with van der Waals surface area (Å²) in [4.78, 5) is 16.2. The summed E-state index contributed by atoms with van der Waals surface area (Å²) in [5.74, 6) is -0.736. The van der Waals surface area contributed by atoms with Crippen LogP contribution in [0.15, 0.2) is 0 Å². The Labute approximate surface area is 122 Å². The Hall–Kier alpha value is -0.650. The summed E-state index contributed by atoms with van der Waals surface area (Å²) in [6, 6.07) is 0.399. The fourth-order valence-corrected chi connectivity index (χ4v) is 3.42. The van der Waals surface area contributed by atoms with Gasteiger partial charge in [-0.1, -0.05) is 20.3 Å². The van der Waals surface area contributed by atoms with Crippen LogP contribution in [0.25, 0.3) is 0 Å². The van der Waals surface area contributed by atoms with Gasteiger partial charge in [-0.3, -0.25) is 14.6 Å². The van der Waals surface area contributed by atoms with Crippen LogP contribution in [0, 0.1) is 0 Å². The summed E-state index contributed by atoms with van der Waals surface area (Å²) in [5.41, 5.74) is 0. The minimum absolute atomic E-state index is 0.205. The first-order valence-electron chi connectivity index (χ1n) is 8.01. The maximum Gasteiger partial charge on any atom is 0.322 e. The van der Waals surface area contributed by atoms with Gasteiger partial charge in [-0.25, -0.2) is 0 Å². The first-order chi connectivity index (χ1) is 9.56. The van der Waals surface area contributed by atoms with E-state index in [1.54, 1.807) is 0 Å². The largest absolute Gasteiger partial charge is 0.480 e. The van der Waals surface area contributed by atoms with Crippen LogP contribution in [0.4, 0.5) is 0 Å². The third-order valence-electron chi connectivity index (χ3n) is 4.43. The minimum Gasteiger partial charge on any atom is -0.480 e. The van der Waals surface area contributed by atoms with Gasteiger partial charge in [0.05, 0.1) is 0 Å². The van der Waals surface area contributed by atoms with Gasteiger partial charge >= 0.3 is 5.97 Å². The highest BCUT2D eigenvalue weighted by Gasteiger charge is 2.31. The third-order valence-corrected chi connectivity index (χ3v) is 4.43. The monoisotopic (exact) mass is 283 g/mol. The first-order valence-corrected chi connectivity index (χ1v) is 8.01. The Balaban J connectivity index is 1.80. The SMILES string of the molecule is CC(C)NC(CN1CCC(N2CCCCC2)C1)C(=O)O. The fraction of sp³-hybridized carbons (Fsp3) is 0.933. The summed E-state index contributed by atoms with van der Waals surface area (Å²) in [6.45, 7) is 9.13. The van der Waals surface area contributed by atoms with Gasteiger partial charge in [-0.2, -0.15) is 0 Å². The molecule has 0 bridgehead atoms. The van der Waals surface area contributed by atoms with E-state index in [9.17, 15) is 9.90 Å². The van der Waals surface area contributed by atoms with Crippen molar-refractivity contribution in [2.75, 3.05) is 32.7 Å². The number of carboxylic acids is 1. The van der Waals surface area contributed by atoms with Crippen molar-refractivity contribution >= 4 is 5.97 Å². The standard InChI is InChI=1S/C15H29N3O2/c1-12(2)16-14(15(19)20)11-17-9-6-13(10-17)18-7-4-3-5-8-18/h12-14,16H,3-11H2,1-2H3,(H,19,20). The summed E-state index contributed by atoms with van der Waals surface area (Å²) >= 11 is 0. The summed E-state index contributed by atoms with van der Waals surface area (Å²) in [6.07, 6.45) is 5.20. The van der Waals surface area contributed by atoms with E-state index in [1.165, 1.54) is 38.8 Å². The number of carboxylic acid groups (broad SMARTS) is 1. The second-order valence-electron chi connectivity index (χ2n) is 6.51. The lowest BCUT2D eigenvalue weighted by Gasteiger charge is -2.32. The number of piperidine rings is 1. The van der Waals surface area contributed by atoms with Crippen molar-refractivity contribution in [2.24, 2.45) is 0 Å². The third kappa shape index (κ3) is 4.43. The number of likely N-dealkylation sites (tertiary alicyclic amines) is 2. The van der Waals surface area contributed by atoms with E-state index in [1.807, 2.05) is 13.8 Å². The number of nitrogens with zero attached hydrogens (tertiary/aromatic N) is 2. The molecule has 2 rings (SSSR count). The maximum atomic E-state index is 11.3. The molecule has 0 amide bonds. The summed E-state index contributed by atoms with van der Waals surface area (Å²) < 4.78 is 0. The molecule has 5 nitrogen and oxygen atoms in total. The van der Waals surface area contributed by atoms with E-state index in [0.29, 0.717) is 12.6 Å².